The summed E-state index contributed by atoms with van der Waals surface area (Å²) in [6.45, 7) is 1.86. The molecule has 27 heavy (non-hydrogen) atoms. The maximum Gasteiger partial charge on any atom is 0.339 e. The standard InChI is InChI=1S/C20H14O6S/c1-13-4-7-16(8-5-13)27(22,23)26-15-6-9-17-18(12-15)25-19(20(17)21)11-14-3-2-10-24-14/h2-12H,1H3/b19-11-. The Kier molecular flexibility index (Phi) is 4.08. The summed E-state index contributed by atoms with van der Waals surface area (Å²) in [6, 6.07) is 14.0. The summed E-state index contributed by atoms with van der Waals surface area (Å²) in [5, 5.41) is 0. The van der Waals surface area contributed by atoms with E-state index >= 15 is 0 Å². The van der Waals surface area contributed by atoms with Crippen molar-refractivity contribution in [3.8, 4) is 11.5 Å². The van der Waals surface area contributed by atoms with Crippen LogP contribution in [0.5, 0.6) is 11.5 Å². The first kappa shape index (κ1) is 17.1. The molecule has 7 heteroatoms. The molecule has 0 radical (unpaired) electrons. The molecule has 1 aliphatic heterocycles. The fraction of sp³-hybridized carbons (Fsp3) is 0.0500. The highest BCUT2D eigenvalue weighted by Crippen LogP contribution is 2.35. The van der Waals surface area contributed by atoms with Crippen molar-refractivity contribution in [1.82, 2.24) is 0 Å². The van der Waals surface area contributed by atoms with Gasteiger partial charge in [0.1, 0.15) is 22.2 Å². The SMILES string of the molecule is Cc1ccc(S(=O)(=O)Oc2ccc3c(c2)O/C(=C\c2ccco2)C3=O)cc1. The molecule has 4 rings (SSSR count). The normalized spacial score (nSPS) is 14.9. The smallest absolute Gasteiger partial charge is 0.339 e. The average molecular weight is 382 g/mol. The van der Waals surface area contributed by atoms with E-state index in [4.69, 9.17) is 13.3 Å². The van der Waals surface area contributed by atoms with Crippen LogP contribution in [0.15, 0.2) is 75.9 Å². The van der Waals surface area contributed by atoms with E-state index in [1.807, 2.05) is 6.92 Å². The van der Waals surface area contributed by atoms with Gasteiger partial charge in [0.2, 0.25) is 5.78 Å². The van der Waals surface area contributed by atoms with Crippen molar-refractivity contribution in [3.05, 3.63) is 83.5 Å². The van der Waals surface area contributed by atoms with E-state index in [2.05, 4.69) is 0 Å². The molecule has 0 fully saturated rings. The molecule has 0 N–H and O–H groups in total. The number of hydrogen-bond acceptors (Lipinski definition) is 6. The Morgan fingerprint density at radius 1 is 1.04 bits per heavy atom. The first-order chi connectivity index (χ1) is 12.9. The van der Waals surface area contributed by atoms with Gasteiger partial charge in [-0.05, 0) is 43.3 Å². The fourth-order valence-electron chi connectivity index (χ4n) is 2.60. The molecule has 6 nitrogen and oxygen atoms in total. The second-order valence-corrected chi connectivity index (χ2v) is 7.51. The molecule has 0 atom stereocenters. The highest BCUT2D eigenvalue weighted by atomic mass is 32.2. The van der Waals surface area contributed by atoms with Crippen molar-refractivity contribution in [2.24, 2.45) is 0 Å². The van der Waals surface area contributed by atoms with Gasteiger partial charge < -0.3 is 13.3 Å². The van der Waals surface area contributed by atoms with E-state index < -0.39 is 10.1 Å². The van der Waals surface area contributed by atoms with Crippen molar-refractivity contribution >= 4 is 22.0 Å². The van der Waals surface area contributed by atoms with Crippen LogP contribution in [0.25, 0.3) is 6.08 Å². The minimum atomic E-state index is -3.99. The highest BCUT2D eigenvalue weighted by Gasteiger charge is 2.29. The second-order valence-electron chi connectivity index (χ2n) is 5.96. The number of rotatable bonds is 4. The third-order valence-electron chi connectivity index (χ3n) is 3.97. The van der Waals surface area contributed by atoms with Gasteiger partial charge in [0.25, 0.3) is 0 Å². The Morgan fingerprint density at radius 2 is 1.81 bits per heavy atom. The van der Waals surface area contributed by atoms with Gasteiger partial charge in [0, 0.05) is 12.1 Å². The van der Waals surface area contributed by atoms with E-state index in [9.17, 15) is 13.2 Å². The Morgan fingerprint density at radius 3 is 2.52 bits per heavy atom. The largest absolute Gasteiger partial charge is 0.465 e. The van der Waals surface area contributed by atoms with E-state index in [-0.39, 0.29) is 27.9 Å². The third kappa shape index (κ3) is 3.37. The van der Waals surface area contributed by atoms with Crippen LogP contribution in [-0.4, -0.2) is 14.2 Å². The summed E-state index contributed by atoms with van der Waals surface area (Å²) in [5.74, 6) is 0.549. The van der Waals surface area contributed by atoms with Gasteiger partial charge in [-0.2, -0.15) is 8.42 Å². The molecule has 0 saturated carbocycles. The van der Waals surface area contributed by atoms with Crippen LogP contribution in [0.4, 0.5) is 0 Å². The van der Waals surface area contributed by atoms with Crippen molar-refractivity contribution in [1.29, 1.82) is 0 Å². The first-order valence-electron chi connectivity index (χ1n) is 8.05. The summed E-state index contributed by atoms with van der Waals surface area (Å²) in [6.07, 6.45) is 2.97. The summed E-state index contributed by atoms with van der Waals surface area (Å²) in [5.41, 5.74) is 1.27. The summed E-state index contributed by atoms with van der Waals surface area (Å²) in [4.78, 5) is 12.4. The molecule has 0 aliphatic carbocycles. The fourth-order valence-corrected chi connectivity index (χ4v) is 3.52. The van der Waals surface area contributed by atoms with Crippen molar-refractivity contribution in [2.45, 2.75) is 11.8 Å². The van der Waals surface area contributed by atoms with Gasteiger partial charge in [-0.15, -0.1) is 0 Å². The van der Waals surface area contributed by atoms with Gasteiger partial charge in [-0.1, -0.05) is 17.7 Å². The van der Waals surface area contributed by atoms with E-state index in [0.717, 1.165) is 5.56 Å². The molecule has 0 unspecified atom stereocenters. The van der Waals surface area contributed by atoms with Gasteiger partial charge >= 0.3 is 10.1 Å². The molecule has 1 aliphatic rings. The number of benzene rings is 2. The van der Waals surface area contributed by atoms with Crippen LogP contribution in [0.1, 0.15) is 21.7 Å². The topological polar surface area (TPSA) is 82.8 Å². The van der Waals surface area contributed by atoms with Crippen LogP contribution in [-0.2, 0) is 10.1 Å². The van der Waals surface area contributed by atoms with Crippen LogP contribution >= 0.6 is 0 Å². The molecule has 3 aromatic rings. The van der Waals surface area contributed by atoms with E-state index in [1.165, 1.54) is 42.7 Å². The number of ketones is 1. The third-order valence-corrected chi connectivity index (χ3v) is 5.23. The lowest BCUT2D eigenvalue weighted by Crippen LogP contribution is -2.09. The maximum atomic E-state index is 12.4. The summed E-state index contributed by atoms with van der Waals surface area (Å²) >= 11 is 0. The lowest BCUT2D eigenvalue weighted by Gasteiger charge is -2.08. The van der Waals surface area contributed by atoms with Gasteiger partial charge in [-0.25, -0.2) is 0 Å². The average Bonchev–Trinajstić information content (AvgIpc) is 3.24. The van der Waals surface area contributed by atoms with Crippen molar-refractivity contribution in [3.63, 3.8) is 0 Å². The predicted molar refractivity (Wildman–Crippen MR) is 97.1 cm³/mol. The zero-order valence-corrected chi connectivity index (χ0v) is 15.0. The Bertz CT molecular complexity index is 1140. The number of furan rings is 1. The number of carbonyl (C=O) groups excluding carboxylic acids is 1. The lowest BCUT2D eigenvalue weighted by atomic mass is 10.1. The lowest BCUT2D eigenvalue weighted by molar-refractivity contribution is 0.101. The Labute approximate surface area is 155 Å². The number of allylic oxidation sites excluding steroid dienone is 1. The minimum Gasteiger partial charge on any atom is -0.465 e. The molecule has 1 aromatic heterocycles. The molecular weight excluding hydrogens is 368 g/mol. The Hall–Kier alpha value is -3.32. The molecule has 2 aromatic carbocycles. The molecular formula is C20H14O6S. The van der Waals surface area contributed by atoms with Crippen LogP contribution < -0.4 is 8.92 Å². The number of fused-ring (bicyclic) bond motifs is 1. The zero-order chi connectivity index (χ0) is 19.0. The van der Waals surface area contributed by atoms with Crippen molar-refractivity contribution in [2.75, 3.05) is 0 Å². The Balaban J connectivity index is 1.60. The molecule has 0 amide bonds. The van der Waals surface area contributed by atoms with E-state index in [1.54, 1.807) is 24.3 Å². The van der Waals surface area contributed by atoms with Crippen LogP contribution in [0, 0.1) is 6.92 Å². The monoisotopic (exact) mass is 382 g/mol. The number of aryl methyl sites for hydroxylation is 1. The molecule has 0 saturated heterocycles. The van der Waals surface area contributed by atoms with E-state index in [0.29, 0.717) is 11.3 Å². The van der Waals surface area contributed by atoms with Gasteiger partial charge in [0.05, 0.1) is 11.8 Å². The number of carbonyl (C=O) groups is 1. The van der Waals surface area contributed by atoms with Gasteiger partial charge in [-0.3, -0.25) is 4.79 Å². The summed E-state index contributed by atoms with van der Waals surface area (Å²) in [7, 11) is -3.99. The minimum absolute atomic E-state index is 0.0454. The molecule has 2 heterocycles. The highest BCUT2D eigenvalue weighted by molar-refractivity contribution is 7.87. The number of ether oxygens (including phenoxy) is 1. The van der Waals surface area contributed by atoms with Crippen LogP contribution in [0.3, 0.4) is 0 Å². The molecule has 0 bridgehead atoms. The summed E-state index contributed by atoms with van der Waals surface area (Å²) < 4.78 is 40.7. The zero-order valence-electron chi connectivity index (χ0n) is 14.2. The van der Waals surface area contributed by atoms with Crippen LogP contribution in [0.2, 0.25) is 0 Å². The van der Waals surface area contributed by atoms with Crippen molar-refractivity contribution < 1.29 is 26.5 Å². The molecule has 136 valence electrons. The number of Topliss-reactive ketones (excluding diaryl/α,β-unsaturated/α-hetero) is 1. The number of hydrogen-bond donors (Lipinski definition) is 0. The second kappa shape index (κ2) is 6.44. The maximum absolute atomic E-state index is 12.4. The molecule has 0 spiro atoms. The quantitative estimate of drug-likeness (QED) is 0.501. The first-order valence-corrected chi connectivity index (χ1v) is 9.46. The predicted octanol–water partition coefficient (Wildman–Crippen LogP) is 3.97. The van der Waals surface area contributed by atoms with Gasteiger partial charge in [0.15, 0.2) is 5.76 Å².